The first-order chi connectivity index (χ1) is 19.9. The van der Waals surface area contributed by atoms with E-state index in [0.29, 0.717) is 37.4 Å². The molecule has 3 N–H and O–H groups in total. The van der Waals surface area contributed by atoms with Gasteiger partial charge >= 0.3 is 12.1 Å². The highest BCUT2D eigenvalue weighted by molar-refractivity contribution is 5.94. The number of alkyl carbamates (subject to hydrolysis) is 1. The molecule has 0 spiro atoms. The number of rotatable bonds is 6. The SMILES string of the molecule is CC(C)(C)OC(=O)N[C@H]1CN(c2ncc(C(=O)N(C3CC3)C3CCN(C(N)=O)CC3)cn2)C[C@@H]1c1cc(F)ccc1F. The molecule has 1 saturated carbocycles. The van der Waals surface area contributed by atoms with Crippen molar-refractivity contribution in [3.05, 3.63) is 53.4 Å². The molecule has 3 heterocycles. The summed E-state index contributed by atoms with van der Waals surface area (Å²) in [7, 11) is 0. The van der Waals surface area contributed by atoms with Gasteiger partial charge in [-0.3, -0.25) is 4.79 Å². The van der Waals surface area contributed by atoms with Crippen LogP contribution in [0.25, 0.3) is 0 Å². The third-order valence-corrected chi connectivity index (χ3v) is 7.89. The summed E-state index contributed by atoms with van der Waals surface area (Å²) in [5.41, 5.74) is 5.16. The summed E-state index contributed by atoms with van der Waals surface area (Å²) < 4.78 is 34.3. The van der Waals surface area contributed by atoms with Crippen LogP contribution in [0, 0.1) is 11.6 Å². The number of likely N-dealkylation sites (tertiary alicyclic amines) is 1. The normalized spacial score (nSPS) is 21.3. The second kappa shape index (κ2) is 11.7. The molecular formula is C29H37F2N7O4. The van der Waals surface area contributed by atoms with Crippen molar-refractivity contribution in [2.75, 3.05) is 31.1 Å². The molecule has 2 saturated heterocycles. The van der Waals surface area contributed by atoms with Gasteiger partial charge in [0.2, 0.25) is 5.95 Å². The number of benzene rings is 1. The van der Waals surface area contributed by atoms with Crippen molar-refractivity contribution in [2.24, 2.45) is 5.73 Å². The molecule has 226 valence electrons. The van der Waals surface area contributed by atoms with Crippen molar-refractivity contribution in [1.29, 1.82) is 0 Å². The number of amides is 4. The Hall–Kier alpha value is -4.03. The van der Waals surface area contributed by atoms with Crippen LogP contribution in [-0.2, 0) is 4.74 Å². The summed E-state index contributed by atoms with van der Waals surface area (Å²) in [6.07, 6.45) is 5.46. The van der Waals surface area contributed by atoms with Crippen molar-refractivity contribution in [2.45, 2.75) is 76.1 Å². The lowest BCUT2D eigenvalue weighted by Gasteiger charge is -2.38. The second-order valence-corrected chi connectivity index (χ2v) is 12.2. The minimum atomic E-state index is -0.735. The average Bonchev–Trinajstić information content (AvgIpc) is 3.68. The standard InChI is InChI=1S/C29H37F2N7O4/c1-29(2,3)42-28(41)35-24-16-37(15-22(24)21-12-18(30)4-7-23(21)31)27-33-13-17(14-34-27)25(39)38(19-5-6-19)20-8-10-36(11-9-20)26(32)40/h4,7,12-14,19-20,22,24H,5-6,8-11,15-16H2,1-3H3,(H2,32,40)(H,35,41)/t22-,24+/m1/s1. The molecule has 0 radical (unpaired) electrons. The fourth-order valence-corrected chi connectivity index (χ4v) is 5.78. The molecule has 11 nitrogen and oxygen atoms in total. The fourth-order valence-electron chi connectivity index (χ4n) is 5.78. The fraction of sp³-hybridized carbons (Fsp3) is 0.552. The maximum atomic E-state index is 14.8. The summed E-state index contributed by atoms with van der Waals surface area (Å²) in [6, 6.07) is 2.34. The second-order valence-electron chi connectivity index (χ2n) is 12.2. The van der Waals surface area contributed by atoms with Crippen molar-refractivity contribution in [1.82, 2.24) is 25.1 Å². The topological polar surface area (TPSA) is 134 Å². The van der Waals surface area contributed by atoms with Gasteiger partial charge in [0, 0.05) is 56.6 Å². The molecule has 2 aromatic rings. The van der Waals surface area contributed by atoms with Crippen LogP contribution in [0.5, 0.6) is 0 Å². The number of urea groups is 1. The van der Waals surface area contributed by atoms with Crippen LogP contribution in [0.15, 0.2) is 30.6 Å². The Bertz CT molecular complexity index is 1320. The molecule has 4 amide bonds. The number of carbonyl (C=O) groups excluding carboxylic acids is 3. The number of halogens is 2. The van der Waals surface area contributed by atoms with Crippen LogP contribution < -0.4 is 16.0 Å². The van der Waals surface area contributed by atoms with Gasteiger partial charge < -0.3 is 30.5 Å². The third kappa shape index (κ3) is 6.71. The lowest BCUT2D eigenvalue weighted by atomic mass is 9.94. The van der Waals surface area contributed by atoms with E-state index >= 15 is 0 Å². The Balaban J connectivity index is 1.32. The molecule has 3 aliphatic rings. The largest absolute Gasteiger partial charge is 0.444 e. The minimum Gasteiger partial charge on any atom is -0.444 e. The number of aromatic nitrogens is 2. The lowest BCUT2D eigenvalue weighted by Crippen LogP contribution is -2.50. The molecule has 0 bridgehead atoms. The van der Waals surface area contributed by atoms with Crippen molar-refractivity contribution < 1.29 is 27.9 Å². The average molecular weight is 586 g/mol. The molecule has 0 unspecified atom stereocenters. The van der Waals surface area contributed by atoms with Crippen molar-refractivity contribution in [3.8, 4) is 0 Å². The molecule has 1 aromatic heterocycles. The number of nitrogens with two attached hydrogens (primary N) is 1. The maximum absolute atomic E-state index is 14.8. The zero-order chi connectivity index (χ0) is 30.2. The Morgan fingerprint density at radius 1 is 1.02 bits per heavy atom. The maximum Gasteiger partial charge on any atom is 0.407 e. The van der Waals surface area contributed by atoms with E-state index in [0.717, 1.165) is 31.0 Å². The number of piperidine rings is 1. The summed E-state index contributed by atoms with van der Waals surface area (Å²) in [5.74, 6) is -1.63. The molecule has 1 aromatic carbocycles. The van der Waals surface area contributed by atoms with Gasteiger partial charge in [-0.05, 0) is 70.2 Å². The van der Waals surface area contributed by atoms with Gasteiger partial charge in [-0.15, -0.1) is 0 Å². The van der Waals surface area contributed by atoms with Gasteiger partial charge in [0.15, 0.2) is 0 Å². The number of hydrogen-bond donors (Lipinski definition) is 2. The summed E-state index contributed by atoms with van der Waals surface area (Å²) in [4.78, 5) is 51.8. The van der Waals surface area contributed by atoms with E-state index in [9.17, 15) is 23.2 Å². The smallest absolute Gasteiger partial charge is 0.407 e. The third-order valence-electron chi connectivity index (χ3n) is 7.89. The summed E-state index contributed by atoms with van der Waals surface area (Å²) >= 11 is 0. The first kappa shape index (κ1) is 29.5. The number of nitrogens with zero attached hydrogens (tertiary/aromatic N) is 5. The number of ether oxygens (including phenoxy) is 1. The van der Waals surface area contributed by atoms with E-state index in [1.165, 1.54) is 12.4 Å². The molecule has 13 heteroatoms. The predicted molar refractivity (Wildman–Crippen MR) is 150 cm³/mol. The van der Waals surface area contributed by atoms with E-state index in [2.05, 4.69) is 15.3 Å². The quantitative estimate of drug-likeness (QED) is 0.531. The first-order valence-corrected chi connectivity index (χ1v) is 14.3. The molecule has 2 atom stereocenters. The molecule has 2 aliphatic heterocycles. The van der Waals surface area contributed by atoms with Gasteiger partial charge in [0.1, 0.15) is 17.2 Å². The van der Waals surface area contributed by atoms with Gasteiger partial charge in [-0.2, -0.15) is 0 Å². The minimum absolute atomic E-state index is 0.000433. The van der Waals surface area contributed by atoms with Crippen LogP contribution in [0.2, 0.25) is 0 Å². The number of carbonyl (C=O) groups is 3. The van der Waals surface area contributed by atoms with Gasteiger partial charge in [0.25, 0.3) is 5.91 Å². The van der Waals surface area contributed by atoms with Crippen molar-refractivity contribution >= 4 is 24.0 Å². The first-order valence-electron chi connectivity index (χ1n) is 14.3. The Kier molecular flexibility index (Phi) is 8.20. The summed E-state index contributed by atoms with van der Waals surface area (Å²) in [5, 5.41) is 2.80. The van der Waals surface area contributed by atoms with Crippen molar-refractivity contribution in [3.63, 3.8) is 0 Å². The van der Waals surface area contributed by atoms with Gasteiger partial charge in [-0.25, -0.2) is 28.3 Å². The van der Waals surface area contributed by atoms with Crippen LogP contribution in [0.4, 0.5) is 24.3 Å². The molecular weight excluding hydrogens is 548 g/mol. The predicted octanol–water partition coefficient (Wildman–Crippen LogP) is 3.40. The summed E-state index contributed by atoms with van der Waals surface area (Å²) in [6.45, 7) is 6.66. The van der Waals surface area contributed by atoms with Crippen LogP contribution in [-0.4, -0.2) is 87.7 Å². The van der Waals surface area contributed by atoms with E-state index in [1.807, 2.05) is 4.90 Å². The zero-order valence-electron chi connectivity index (χ0n) is 24.1. The van der Waals surface area contributed by atoms with Crippen LogP contribution in [0.3, 0.4) is 0 Å². The number of primary amides is 1. The van der Waals surface area contributed by atoms with Gasteiger partial charge in [0.05, 0.1) is 11.6 Å². The number of hydrogen-bond acceptors (Lipinski definition) is 7. The van der Waals surface area contributed by atoms with Crippen LogP contribution in [0.1, 0.15) is 68.3 Å². The van der Waals surface area contributed by atoms with Gasteiger partial charge in [-0.1, -0.05) is 0 Å². The van der Waals surface area contributed by atoms with E-state index in [4.69, 9.17) is 10.5 Å². The van der Waals surface area contributed by atoms with E-state index in [-0.39, 0.29) is 36.6 Å². The number of nitrogens with one attached hydrogen (secondary N) is 1. The zero-order valence-corrected chi connectivity index (χ0v) is 24.1. The highest BCUT2D eigenvalue weighted by atomic mass is 19.1. The Morgan fingerprint density at radius 2 is 1.67 bits per heavy atom. The highest BCUT2D eigenvalue weighted by Crippen LogP contribution is 2.34. The Morgan fingerprint density at radius 3 is 2.26 bits per heavy atom. The Labute approximate surface area is 243 Å². The highest BCUT2D eigenvalue weighted by Gasteiger charge is 2.41. The molecule has 1 aliphatic carbocycles. The molecule has 5 rings (SSSR count). The lowest BCUT2D eigenvalue weighted by molar-refractivity contribution is 0.0503. The molecule has 42 heavy (non-hydrogen) atoms. The van der Waals surface area contributed by atoms with E-state index < -0.39 is 41.3 Å². The number of anilines is 1. The van der Waals surface area contributed by atoms with E-state index in [1.54, 1.807) is 30.6 Å². The van der Waals surface area contributed by atoms with Crippen LogP contribution >= 0.6 is 0 Å². The monoisotopic (exact) mass is 585 g/mol. The molecule has 3 fully saturated rings.